The molecule has 0 aliphatic rings. The van der Waals surface area contributed by atoms with Crippen molar-refractivity contribution in [3.63, 3.8) is 0 Å². The molecule has 3 amide bonds. The van der Waals surface area contributed by atoms with Gasteiger partial charge in [-0.3, -0.25) is 14.4 Å². The SMILES string of the molecule is NC(=O)CCC(=NNC=O)C(=O)N=C=O. The van der Waals surface area contributed by atoms with Crippen LogP contribution in [0.2, 0.25) is 0 Å². The zero-order chi connectivity index (χ0) is 11.7. The molecule has 0 aliphatic heterocycles. The molecule has 0 unspecified atom stereocenters. The molecule has 8 nitrogen and oxygen atoms in total. The Balaban J connectivity index is 4.56. The van der Waals surface area contributed by atoms with Crippen molar-refractivity contribution >= 4 is 30.0 Å². The van der Waals surface area contributed by atoms with Crippen LogP contribution in [0, 0.1) is 0 Å². The van der Waals surface area contributed by atoms with Crippen LogP contribution in [-0.4, -0.2) is 30.0 Å². The predicted octanol–water partition coefficient (Wildman–Crippen LogP) is -1.78. The van der Waals surface area contributed by atoms with Crippen LogP contribution in [-0.2, 0) is 19.2 Å². The fourth-order valence-corrected chi connectivity index (χ4v) is 0.663. The van der Waals surface area contributed by atoms with Crippen LogP contribution < -0.4 is 11.2 Å². The zero-order valence-corrected chi connectivity index (χ0v) is 7.60. The number of primary amides is 1. The highest BCUT2D eigenvalue weighted by molar-refractivity contribution is 6.40. The molecule has 8 heteroatoms. The number of nitrogens with two attached hydrogens (primary N) is 1. The van der Waals surface area contributed by atoms with Gasteiger partial charge in [0.2, 0.25) is 18.4 Å². The van der Waals surface area contributed by atoms with E-state index in [4.69, 9.17) is 5.73 Å². The quantitative estimate of drug-likeness (QED) is 0.233. The molecule has 0 saturated carbocycles. The van der Waals surface area contributed by atoms with Crippen LogP contribution in [0.15, 0.2) is 10.1 Å². The highest BCUT2D eigenvalue weighted by Crippen LogP contribution is 1.94. The normalized spacial score (nSPS) is 10.0. The fourth-order valence-electron chi connectivity index (χ4n) is 0.663. The highest BCUT2D eigenvalue weighted by Gasteiger charge is 2.11. The van der Waals surface area contributed by atoms with Gasteiger partial charge in [-0.15, -0.1) is 4.99 Å². The molecule has 15 heavy (non-hydrogen) atoms. The average Bonchev–Trinajstić information content (AvgIpc) is 2.17. The van der Waals surface area contributed by atoms with E-state index in [9.17, 15) is 19.2 Å². The van der Waals surface area contributed by atoms with Crippen LogP contribution in [0.4, 0.5) is 0 Å². The van der Waals surface area contributed by atoms with Gasteiger partial charge in [0.1, 0.15) is 5.71 Å². The number of hydrogen-bond acceptors (Lipinski definition) is 5. The number of hydrazone groups is 1. The standard InChI is InChI=1S/C7H8N4O4/c8-6(14)2-1-5(11-10-4-13)7(15)9-3-12/h4H,1-2H2,(H2,8,14)(H,10,13). The first-order valence-corrected chi connectivity index (χ1v) is 3.78. The summed E-state index contributed by atoms with van der Waals surface area (Å²) in [5.74, 6) is -1.61. The van der Waals surface area contributed by atoms with Gasteiger partial charge in [0, 0.05) is 12.8 Å². The van der Waals surface area contributed by atoms with Crippen molar-refractivity contribution in [2.45, 2.75) is 12.8 Å². The van der Waals surface area contributed by atoms with Crippen molar-refractivity contribution in [1.29, 1.82) is 0 Å². The van der Waals surface area contributed by atoms with E-state index in [1.165, 1.54) is 0 Å². The largest absolute Gasteiger partial charge is 0.370 e. The number of isocyanates is 1. The molecule has 0 fully saturated rings. The monoisotopic (exact) mass is 212 g/mol. The van der Waals surface area contributed by atoms with Gasteiger partial charge in [-0.25, -0.2) is 10.2 Å². The molecule has 0 aromatic carbocycles. The Kier molecular flexibility index (Phi) is 5.99. The summed E-state index contributed by atoms with van der Waals surface area (Å²) in [4.78, 5) is 43.9. The summed E-state index contributed by atoms with van der Waals surface area (Å²) in [7, 11) is 0. The van der Waals surface area contributed by atoms with Gasteiger partial charge >= 0.3 is 5.91 Å². The van der Waals surface area contributed by atoms with Crippen LogP contribution in [0.25, 0.3) is 0 Å². The Hall–Kier alpha value is -2.34. The number of nitrogens with zero attached hydrogens (tertiary/aromatic N) is 2. The van der Waals surface area contributed by atoms with E-state index in [0.717, 1.165) is 6.08 Å². The molecule has 0 bridgehead atoms. The van der Waals surface area contributed by atoms with Gasteiger partial charge in [-0.1, -0.05) is 0 Å². The molecule has 0 aromatic heterocycles. The molecular weight excluding hydrogens is 204 g/mol. The van der Waals surface area contributed by atoms with Crippen molar-refractivity contribution in [3.05, 3.63) is 0 Å². The van der Waals surface area contributed by atoms with Crippen LogP contribution in [0.5, 0.6) is 0 Å². The summed E-state index contributed by atoms with van der Waals surface area (Å²) in [5, 5.41) is 3.30. The molecule has 80 valence electrons. The lowest BCUT2D eigenvalue weighted by atomic mass is 10.2. The summed E-state index contributed by atoms with van der Waals surface area (Å²) in [6.45, 7) is 0. The summed E-state index contributed by atoms with van der Waals surface area (Å²) < 4.78 is 0. The minimum Gasteiger partial charge on any atom is -0.370 e. The second kappa shape index (κ2) is 7.10. The van der Waals surface area contributed by atoms with Crippen molar-refractivity contribution in [2.24, 2.45) is 15.8 Å². The first-order valence-electron chi connectivity index (χ1n) is 3.78. The lowest BCUT2D eigenvalue weighted by Gasteiger charge is -1.98. The molecule has 0 saturated heterocycles. The maximum Gasteiger partial charge on any atom is 0.303 e. The van der Waals surface area contributed by atoms with Crippen molar-refractivity contribution in [3.8, 4) is 0 Å². The molecule has 0 heterocycles. The lowest BCUT2D eigenvalue weighted by Crippen LogP contribution is -2.20. The predicted molar refractivity (Wildman–Crippen MR) is 48.2 cm³/mol. The van der Waals surface area contributed by atoms with E-state index in [2.05, 4.69) is 10.1 Å². The fraction of sp³-hybridized carbons (Fsp3) is 0.286. The number of hydrogen-bond donors (Lipinski definition) is 2. The maximum atomic E-state index is 11.0. The summed E-state index contributed by atoms with van der Waals surface area (Å²) in [6.07, 6.45) is 0.998. The van der Waals surface area contributed by atoms with E-state index < -0.39 is 11.8 Å². The molecule has 3 N–H and O–H groups in total. The van der Waals surface area contributed by atoms with Gasteiger partial charge < -0.3 is 5.73 Å². The van der Waals surface area contributed by atoms with Crippen LogP contribution in [0.3, 0.4) is 0 Å². The van der Waals surface area contributed by atoms with E-state index >= 15 is 0 Å². The molecule has 0 aromatic rings. The Morgan fingerprint density at radius 1 is 1.40 bits per heavy atom. The first kappa shape index (κ1) is 12.7. The number of nitrogens with one attached hydrogen (secondary N) is 1. The number of amides is 3. The van der Waals surface area contributed by atoms with Crippen molar-refractivity contribution in [2.75, 3.05) is 0 Å². The summed E-state index contributed by atoms with van der Waals surface area (Å²) >= 11 is 0. The van der Waals surface area contributed by atoms with Crippen molar-refractivity contribution in [1.82, 2.24) is 5.43 Å². The van der Waals surface area contributed by atoms with E-state index in [1.54, 1.807) is 0 Å². The first-order chi connectivity index (χ1) is 7.11. The Morgan fingerprint density at radius 3 is 2.53 bits per heavy atom. The summed E-state index contributed by atoms with van der Waals surface area (Å²) in [6, 6.07) is 0. The molecule has 0 atom stereocenters. The minimum atomic E-state index is -0.972. The van der Waals surface area contributed by atoms with E-state index in [1.807, 2.05) is 5.43 Å². The van der Waals surface area contributed by atoms with Crippen LogP contribution in [0.1, 0.15) is 12.8 Å². The second-order valence-corrected chi connectivity index (χ2v) is 2.28. The second-order valence-electron chi connectivity index (χ2n) is 2.28. The van der Waals surface area contributed by atoms with Gasteiger partial charge in [0.05, 0.1) is 0 Å². The lowest BCUT2D eigenvalue weighted by molar-refractivity contribution is -0.117. The van der Waals surface area contributed by atoms with Gasteiger partial charge in [-0.2, -0.15) is 5.10 Å². The van der Waals surface area contributed by atoms with Crippen molar-refractivity contribution < 1.29 is 19.2 Å². The Labute approximate surface area is 84.2 Å². The summed E-state index contributed by atoms with van der Waals surface area (Å²) in [5.41, 5.74) is 6.45. The molecule has 0 rings (SSSR count). The topological polar surface area (TPSA) is 131 Å². The van der Waals surface area contributed by atoms with E-state index in [-0.39, 0.29) is 25.0 Å². The Bertz CT molecular complexity index is 343. The third-order valence-electron chi connectivity index (χ3n) is 1.25. The highest BCUT2D eigenvalue weighted by atomic mass is 16.2. The number of aliphatic imine (C=N–C) groups is 1. The molecular formula is C7H8N4O4. The third kappa shape index (κ3) is 5.83. The number of rotatable bonds is 6. The van der Waals surface area contributed by atoms with Gasteiger partial charge in [-0.05, 0) is 0 Å². The smallest absolute Gasteiger partial charge is 0.303 e. The molecule has 0 spiro atoms. The van der Waals surface area contributed by atoms with Crippen LogP contribution >= 0.6 is 0 Å². The minimum absolute atomic E-state index is 0.111. The van der Waals surface area contributed by atoms with E-state index in [0.29, 0.717) is 0 Å². The Morgan fingerprint density at radius 2 is 2.07 bits per heavy atom. The van der Waals surface area contributed by atoms with Gasteiger partial charge in [0.15, 0.2) is 0 Å². The number of carbonyl (C=O) groups excluding carboxylic acids is 4. The van der Waals surface area contributed by atoms with Gasteiger partial charge in [0.25, 0.3) is 0 Å². The zero-order valence-electron chi connectivity index (χ0n) is 7.60. The third-order valence-corrected chi connectivity index (χ3v) is 1.25. The maximum absolute atomic E-state index is 11.0. The molecule has 0 aliphatic carbocycles. The number of carbonyl (C=O) groups is 3. The average molecular weight is 212 g/mol. The molecule has 0 radical (unpaired) electrons.